The van der Waals surface area contributed by atoms with Gasteiger partial charge in [-0.2, -0.15) is 0 Å². The molecular weight excluding hydrogens is 525 g/mol. The van der Waals surface area contributed by atoms with Crippen LogP contribution in [0.25, 0.3) is 85.4 Å². The van der Waals surface area contributed by atoms with Gasteiger partial charge in [-0.1, -0.05) is 97.1 Å². The third-order valence-electron chi connectivity index (χ3n) is 7.87. The molecule has 0 fully saturated rings. The summed E-state index contributed by atoms with van der Waals surface area (Å²) in [5.74, 6) is 0. The Morgan fingerprint density at radius 3 is 0.850 bits per heavy atom. The standard InChI is InChI=1S/C36H20N2S2/c1-2-10-22-21(9-1)29-17-33-25-13-5-6-14-26(25)35(39-33)19-31-23-11-3-4-12-24(23)32(38-31)20-36-28-16-8-7-15-27(28)34(40-36)18-30(22)37-29/h1-20H. The van der Waals surface area contributed by atoms with Crippen molar-refractivity contribution >= 4 is 63.0 Å². The number of benzene rings is 4. The molecule has 0 N–H and O–H groups in total. The topological polar surface area (TPSA) is 25.8 Å². The van der Waals surface area contributed by atoms with E-state index in [2.05, 4.69) is 121 Å². The molecule has 5 heterocycles. The van der Waals surface area contributed by atoms with Crippen LogP contribution in [-0.2, 0) is 0 Å². The molecule has 0 atom stereocenters. The lowest BCUT2D eigenvalue weighted by molar-refractivity contribution is 1.43. The summed E-state index contributed by atoms with van der Waals surface area (Å²) in [6.07, 6.45) is 0. The molecule has 8 bridgehead atoms. The molecule has 7 aromatic rings. The highest BCUT2D eigenvalue weighted by atomic mass is 32.1. The van der Waals surface area contributed by atoms with Gasteiger partial charge < -0.3 is 0 Å². The molecule has 0 radical (unpaired) electrons. The average Bonchev–Trinajstić information content (AvgIpc) is 3.73. The van der Waals surface area contributed by atoms with Crippen LogP contribution in [0, 0.1) is 0 Å². The van der Waals surface area contributed by atoms with Crippen LogP contribution in [0.3, 0.4) is 0 Å². The molecule has 186 valence electrons. The normalized spacial score (nSPS) is 12.0. The molecule has 2 aliphatic rings. The van der Waals surface area contributed by atoms with Crippen LogP contribution in [-0.4, -0.2) is 9.97 Å². The molecule has 2 nitrogen and oxygen atoms in total. The highest BCUT2D eigenvalue weighted by Crippen LogP contribution is 2.43. The minimum absolute atomic E-state index is 1.01. The van der Waals surface area contributed by atoms with Crippen molar-refractivity contribution in [1.82, 2.24) is 9.97 Å². The van der Waals surface area contributed by atoms with E-state index in [4.69, 9.17) is 9.97 Å². The van der Waals surface area contributed by atoms with Crippen molar-refractivity contribution in [2.75, 3.05) is 0 Å². The number of nitrogens with zero attached hydrogens (tertiary/aromatic N) is 2. The number of rotatable bonds is 0. The lowest BCUT2D eigenvalue weighted by atomic mass is 10.0. The zero-order chi connectivity index (χ0) is 26.2. The summed E-state index contributed by atoms with van der Waals surface area (Å²) in [5.41, 5.74) is 8.78. The SMILES string of the molecule is c1ccc2c(c1)-c1cc3sc(cc4nc(cc5sc(cc-2n1)c1ccccc51)-c1ccccc1-4)c1ccccc31. The van der Waals surface area contributed by atoms with Crippen LogP contribution in [0.5, 0.6) is 0 Å². The van der Waals surface area contributed by atoms with Crippen LogP contribution >= 0.6 is 22.7 Å². The van der Waals surface area contributed by atoms with Gasteiger partial charge in [-0.05, 0) is 24.3 Å². The molecule has 3 aromatic heterocycles. The third-order valence-corrected chi connectivity index (χ3v) is 10.1. The van der Waals surface area contributed by atoms with Gasteiger partial charge in [-0.3, -0.25) is 0 Å². The van der Waals surface area contributed by atoms with E-state index in [0.717, 1.165) is 22.8 Å². The van der Waals surface area contributed by atoms with Gasteiger partial charge in [0.2, 0.25) is 0 Å². The fourth-order valence-electron chi connectivity index (χ4n) is 6.01. The van der Waals surface area contributed by atoms with Gasteiger partial charge in [0.05, 0.1) is 22.8 Å². The summed E-state index contributed by atoms with van der Waals surface area (Å²) in [6.45, 7) is 0. The van der Waals surface area contributed by atoms with E-state index in [1.807, 2.05) is 22.7 Å². The minimum atomic E-state index is 1.01. The Bertz CT molecular complexity index is 2020. The van der Waals surface area contributed by atoms with Crippen LogP contribution in [0.4, 0.5) is 0 Å². The highest BCUT2D eigenvalue weighted by molar-refractivity contribution is 7.26. The molecule has 0 aliphatic carbocycles. The number of aromatic nitrogens is 2. The van der Waals surface area contributed by atoms with Gasteiger partial charge in [0.1, 0.15) is 0 Å². The van der Waals surface area contributed by atoms with Crippen molar-refractivity contribution in [3.63, 3.8) is 0 Å². The minimum Gasteiger partial charge on any atom is -0.248 e. The molecule has 0 saturated heterocycles. The predicted octanol–water partition coefficient (Wildman–Crippen LogP) is 10.8. The van der Waals surface area contributed by atoms with Gasteiger partial charge in [0.25, 0.3) is 0 Å². The van der Waals surface area contributed by atoms with E-state index in [-0.39, 0.29) is 0 Å². The molecule has 2 aliphatic heterocycles. The maximum atomic E-state index is 5.23. The predicted molar refractivity (Wildman–Crippen MR) is 172 cm³/mol. The van der Waals surface area contributed by atoms with E-state index < -0.39 is 0 Å². The van der Waals surface area contributed by atoms with Crippen molar-refractivity contribution in [3.05, 3.63) is 121 Å². The Morgan fingerprint density at radius 2 is 0.575 bits per heavy atom. The van der Waals surface area contributed by atoms with Crippen molar-refractivity contribution < 1.29 is 0 Å². The molecule has 4 heteroatoms. The Kier molecular flexibility index (Phi) is 4.68. The maximum absolute atomic E-state index is 5.23. The zero-order valence-electron chi connectivity index (χ0n) is 21.3. The van der Waals surface area contributed by atoms with Gasteiger partial charge in [0.15, 0.2) is 0 Å². The summed E-state index contributed by atoms with van der Waals surface area (Å²) < 4.78 is 4.87. The van der Waals surface area contributed by atoms with Gasteiger partial charge in [-0.15, -0.1) is 22.7 Å². The molecule has 4 aromatic carbocycles. The number of hydrogen-bond donors (Lipinski definition) is 0. The van der Waals surface area contributed by atoms with Gasteiger partial charge >= 0.3 is 0 Å². The largest absolute Gasteiger partial charge is 0.248 e. The molecule has 0 saturated carbocycles. The smallest absolute Gasteiger partial charge is 0.0730 e. The molecule has 40 heavy (non-hydrogen) atoms. The first kappa shape index (κ1) is 22.2. The van der Waals surface area contributed by atoms with Crippen LogP contribution in [0.15, 0.2) is 121 Å². The molecule has 0 amide bonds. The molecule has 9 rings (SSSR count). The first-order valence-electron chi connectivity index (χ1n) is 13.3. The Balaban J connectivity index is 1.51. The molecule has 0 unspecified atom stereocenters. The first-order chi connectivity index (χ1) is 19.8. The van der Waals surface area contributed by atoms with Crippen molar-refractivity contribution in [3.8, 4) is 45.0 Å². The Hall–Kier alpha value is -4.64. The van der Waals surface area contributed by atoms with Crippen LogP contribution in [0.1, 0.15) is 0 Å². The highest BCUT2D eigenvalue weighted by Gasteiger charge is 2.19. The fourth-order valence-corrected chi connectivity index (χ4v) is 8.32. The molecular formula is C36H20N2S2. The van der Waals surface area contributed by atoms with E-state index >= 15 is 0 Å². The number of fused-ring (bicyclic) bond motifs is 20. The lowest BCUT2D eigenvalue weighted by Crippen LogP contribution is -1.74. The van der Waals surface area contributed by atoms with Gasteiger partial charge in [0, 0.05) is 62.6 Å². The number of hydrogen-bond acceptors (Lipinski definition) is 4. The maximum Gasteiger partial charge on any atom is 0.0730 e. The summed E-state index contributed by atoms with van der Waals surface area (Å²) in [5, 5.41) is 4.99. The number of thiophene rings is 2. The van der Waals surface area contributed by atoms with Crippen molar-refractivity contribution in [2.45, 2.75) is 0 Å². The quantitative estimate of drug-likeness (QED) is 0.190. The third kappa shape index (κ3) is 3.27. The van der Waals surface area contributed by atoms with Crippen molar-refractivity contribution in [1.29, 1.82) is 0 Å². The summed E-state index contributed by atoms with van der Waals surface area (Å²) in [7, 11) is 0. The van der Waals surface area contributed by atoms with Crippen LogP contribution in [0.2, 0.25) is 0 Å². The van der Waals surface area contributed by atoms with Crippen molar-refractivity contribution in [2.24, 2.45) is 0 Å². The zero-order valence-corrected chi connectivity index (χ0v) is 22.9. The Labute approximate surface area is 238 Å². The second-order valence-electron chi connectivity index (χ2n) is 10.2. The average molecular weight is 545 g/mol. The Morgan fingerprint density at radius 1 is 0.325 bits per heavy atom. The summed E-state index contributed by atoms with van der Waals surface area (Å²) in [6, 6.07) is 43.6. The summed E-state index contributed by atoms with van der Waals surface area (Å²) in [4.78, 5) is 10.5. The lowest BCUT2D eigenvalue weighted by Gasteiger charge is -1.97. The van der Waals surface area contributed by atoms with E-state index in [1.165, 1.54) is 62.6 Å². The molecule has 0 spiro atoms. The van der Waals surface area contributed by atoms with E-state index in [1.54, 1.807) is 0 Å². The summed E-state index contributed by atoms with van der Waals surface area (Å²) >= 11 is 3.62. The van der Waals surface area contributed by atoms with E-state index in [0.29, 0.717) is 0 Å². The fraction of sp³-hybridized carbons (Fsp3) is 0. The second kappa shape index (κ2) is 8.43. The van der Waals surface area contributed by atoms with Crippen LogP contribution < -0.4 is 0 Å². The first-order valence-corrected chi connectivity index (χ1v) is 15.0. The monoisotopic (exact) mass is 544 g/mol. The second-order valence-corrected chi connectivity index (χ2v) is 12.4. The van der Waals surface area contributed by atoms with Gasteiger partial charge in [-0.25, -0.2) is 9.97 Å². The van der Waals surface area contributed by atoms with E-state index in [9.17, 15) is 0 Å².